The number of fused-ring (bicyclic) bond motifs is 4. The van der Waals surface area contributed by atoms with E-state index in [4.69, 9.17) is 28.4 Å². The van der Waals surface area contributed by atoms with Gasteiger partial charge in [-0.25, -0.2) is 0 Å². The third kappa shape index (κ3) is 6.34. The molecule has 0 bridgehead atoms. The van der Waals surface area contributed by atoms with E-state index >= 15 is 0 Å². The van der Waals surface area contributed by atoms with E-state index < -0.39 is 35.3 Å². The maximum atomic E-state index is 13.6. The van der Waals surface area contributed by atoms with Gasteiger partial charge in [0.25, 0.3) is 0 Å². The van der Waals surface area contributed by atoms with E-state index in [2.05, 4.69) is 0 Å². The van der Waals surface area contributed by atoms with E-state index in [-0.39, 0.29) is 92.2 Å². The van der Waals surface area contributed by atoms with Crippen LogP contribution in [0.15, 0.2) is 60.7 Å². The Morgan fingerprint density at radius 2 is 0.846 bits per heavy atom. The molecule has 2 atom stereocenters. The molecule has 0 fully saturated rings. The lowest BCUT2D eigenvalue weighted by atomic mass is 9.81. The first-order valence-corrected chi connectivity index (χ1v) is 16.6. The second-order valence-electron chi connectivity index (χ2n) is 12.3. The molecule has 2 N–H and O–H groups in total. The Bertz CT molecular complexity index is 1920. The maximum absolute atomic E-state index is 13.6. The number of methoxy groups -OCH3 is 4. The number of ketones is 4. The van der Waals surface area contributed by atoms with Crippen LogP contribution < -0.4 is 9.47 Å². The maximum Gasteiger partial charge on any atom is 0.198 e. The third-order valence-electron chi connectivity index (χ3n) is 9.42. The monoisotopic (exact) mass is 710 g/mol. The molecule has 0 aromatic heterocycles. The number of benzene rings is 4. The van der Waals surface area contributed by atoms with E-state index in [1.54, 1.807) is 48.5 Å². The smallest absolute Gasteiger partial charge is 0.198 e. The van der Waals surface area contributed by atoms with E-state index in [0.29, 0.717) is 25.7 Å². The SMILES string of the molecule is COCOC(CCCCC(OCOC)c1cc(OC)c2c(c1O)C(=O)c1ccccc1C2=O)c1cc(OC)c2c(c1O)C(=O)c1ccccc1C2=O. The average molecular weight is 711 g/mol. The predicted molar refractivity (Wildman–Crippen MR) is 186 cm³/mol. The van der Waals surface area contributed by atoms with Gasteiger partial charge in [-0.3, -0.25) is 19.2 Å². The molecule has 2 aliphatic rings. The first-order valence-electron chi connectivity index (χ1n) is 16.6. The van der Waals surface area contributed by atoms with Gasteiger partial charge in [-0.05, 0) is 25.0 Å². The summed E-state index contributed by atoms with van der Waals surface area (Å²) < 4.78 is 33.4. The molecule has 6 rings (SSSR count). The van der Waals surface area contributed by atoms with Crippen LogP contribution in [0.3, 0.4) is 0 Å². The number of hydrogen-bond acceptors (Lipinski definition) is 12. The highest BCUT2D eigenvalue weighted by atomic mass is 16.7. The molecule has 4 aromatic carbocycles. The van der Waals surface area contributed by atoms with Crippen LogP contribution in [0.1, 0.15) is 113 Å². The molecule has 12 heteroatoms. The average Bonchev–Trinajstić information content (AvgIpc) is 3.16. The van der Waals surface area contributed by atoms with Crippen LogP contribution in [-0.2, 0) is 18.9 Å². The van der Waals surface area contributed by atoms with Gasteiger partial charge in [0.2, 0.25) is 0 Å². The van der Waals surface area contributed by atoms with Crippen LogP contribution >= 0.6 is 0 Å². The van der Waals surface area contributed by atoms with Gasteiger partial charge in [-0.15, -0.1) is 0 Å². The van der Waals surface area contributed by atoms with Crippen molar-refractivity contribution in [1.82, 2.24) is 0 Å². The Hall–Kier alpha value is -5.40. The topological polar surface area (TPSA) is 164 Å². The molecular formula is C40H38O12. The number of carbonyl (C=O) groups is 4. The summed E-state index contributed by atoms with van der Waals surface area (Å²) in [5.41, 5.74) is 1.00. The molecular weight excluding hydrogens is 672 g/mol. The highest BCUT2D eigenvalue weighted by Gasteiger charge is 2.39. The van der Waals surface area contributed by atoms with E-state index in [9.17, 15) is 29.4 Å². The molecule has 0 spiro atoms. The standard InChI is InChI=1S/C40H38O12/c1-47-19-51-27(25-17-29(49-3)31-33(39(25)45)37(43)23-13-7-5-11-21(23)35(31)41)15-9-10-16-28(52-20-48-2)26-18-30(50-4)32-34(40(26)46)38(44)24-14-8-6-12-22(24)36(32)42/h5-8,11-14,17-18,27-28,45-46H,9-10,15-16,19-20H2,1-4H3. The zero-order chi connectivity index (χ0) is 37.1. The van der Waals surface area contributed by atoms with Crippen molar-refractivity contribution < 1.29 is 57.8 Å². The quantitative estimate of drug-likeness (QED) is 0.0911. The molecule has 0 saturated carbocycles. The fourth-order valence-electron chi connectivity index (χ4n) is 6.96. The van der Waals surface area contributed by atoms with Gasteiger partial charge in [0.05, 0.1) is 48.7 Å². The Morgan fingerprint density at radius 3 is 1.15 bits per heavy atom. The molecule has 12 nitrogen and oxygen atoms in total. The molecule has 0 saturated heterocycles. The zero-order valence-corrected chi connectivity index (χ0v) is 29.1. The minimum Gasteiger partial charge on any atom is -0.507 e. The summed E-state index contributed by atoms with van der Waals surface area (Å²) in [6, 6.07) is 15.9. The molecule has 0 aliphatic heterocycles. The van der Waals surface area contributed by atoms with Crippen molar-refractivity contribution in [3.63, 3.8) is 0 Å². The van der Waals surface area contributed by atoms with Crippen LogP contribution in [0.5, 0.6) is 23.0 Å². The van der Waals surface area contributed by atoms with Crippen molar-refractivity contribution in [1.29, 1.82) is 0 Å². The summed E-state index contributed by atoms with van der Waals surface area (Å²) in [5, 5.41) is 23.1. The Labute approximate surface area is 299 Å². The van der Waals surface area contributed by atoms with Crippen LogP contribution in [0.4, 0.5) is 0 Å². The normalized spacial score (nSPS) is 14.3. The molecule has 0 radical (unpaired) electrons. The number of ether oxygens (including phenoxy) is 6. The fraction of sp³-hybridized carbons (Fsp3) is 0.300. The minimum atomic E-state index is -0.779. The number of aromatic hydroxyl groups is 2. The van der Waals surface area contributed by atoms with Crippen molar-refractivity contribution in [3.05, 3.63) is 116 Å². The van der Waals surface area contributed by atoms with E-state index in [0.717, 1.165) is 0 Å². The van der Waals surface area contributed by atoms with Gasteiger partial charge in [-0.2, -0.15) is 0 Å². The zero-order valence-electron chi connectivity index (χ0n) is 29.1. The molecule has 0 amide bonds. The van der Waals surface area contributed by atoms with E-state index in [1.807, 2.05) is 0 Å². The van der Waals surface area contributed by atoms with Crippen molar-refractivity contribution in [2.75, 3.05) is 42.0 Å². The van der Waals surface area contributed by atoms with Gasteiger partial charge in [0, 0.05) is 47.6 Å². The Morgan fingerprint density at radius 1 is 0.519 bits per heavy atom. The Balaban J connectivity index is 1.27. The van der Waals surface area contributed by atoms with Crippen LogP contribution in [-0.4, -0.2) is 75.4 Å². The second-order valence-corrected chi connectivity index (χ2v) is 12.3. The summed E-state index contributed by atoms with van der Waals surface area (Å²) in [7, 11) is 5.68. The summed E-state index contributed by atoms with van der Waals surface area (Å²) in [5.74, 6) is -2.37. The summed E-state index contributed by atoms with van der Waals surface area (Å²) in [6.45, 7) is -0.255. The molecule has 52 heavy (non-hydrogen) atoms. The number of carbonyl (C=O) groups excluding carboxylic acids is 4. The van der Waals surface area contributed by atoms with Crippen LogP contribution in [0.2, 0.25) is 0 Å². The van der Waals surface area contributed by atoms with Crippen molar-refractivity contribution in [2.24, 2.45) is 0 Å². The number of hydrogen-bond donors (Lipinski definition) is 2. The summed E-state index contributed by atoms with van der Waals surface area (Å²) in [4.78, 5) is 54.2. The lowest BCUT2D eigenvalue weighted by molar-refractivity contribution is -0.0817. The van der Waals surface area contributed by atoms with Gasteiger partial charge in [0.15, 0.2) is 23.1 Å². The van der Waals surface area contributed by atoms with Crippen molar-refractivity contribution >= 4 is 23.1 Å². The van der Waals surface area contributed by atoms with Gasteiger partial charge in [-0.1, -0.05) is 61.4 Å². The van der Waals surface area contributed by atoms with Gasteiger partial charge in [0.1, 0.15) is 36.6 Å². The molecule has 0 heterocycles. The lowest BCUT2D eigenvalue weighted by Gasteiger charge is -2.26. The molecule has 2 aliphatic carbocycles. The number of unbranched alkanes of at least 4 members (excludes halogenated alkanes) is 1. The predicted octanol–water partition coefficient (Wildman–Crippen LogP) is 6.25. The van der Waals surface area contributed by atoms with Crippen LogP contribution in [0.25, 0.3) is 0 Å². The number of phenolic OH excluding ortho intramolecular Hbond substituents is 2. The number of rotatable bonds is 15. The molecule has 2 unspecified atom stereocenters. The second kappa shape index (κ2) is 15.5. The molecule has 270 valence electrons. The highest BCUT2D eigenvalue weighted by molar-refractivity contribution is 6.31. The molecule has 4 aromatic rings. The fourth-order valence-corrected chi connectivity index (χ4v) is 6.96. The van der Waals surface area contributed by atoms with Crippen molar-refractivity contribution in [2.45, 2.75) is 37.9 Å². The first-order chi connectivity index (χ1) is 25.2. The largest absolute Gasteiger partial charge is 0.507 e. The van der Waals surface area contributed by atoms with Crippen LogP contribution in [0, 0.1) is 0 Å². The Kier molecular flexibility index (Phi) is 10.8. The lowest BCUT2D eigenvalue weighted by Crippen LogP contribution is -2.23. The number of phenols is 2. The highest BCUT2D eigenvalue weighted by Crippen LogP contribution is 2.46. The van der Waals surface area contributed by atoms with Gasteiger partial charge >= 0.3 is 0 Å². The first kappa shape index (κ1) is 36.4. The van der Waals surface area contributed by atoms with Gasteiger partial charge < -0.3 is 38.6 Å². The van der Waals surface area contributed by atoms with Crippen molar-refractivity contribution in [3.8, 4) is 23.0 Å². The van der Waals surface area contributed by atoms with E-state index in [1.165, 1.54) is 40.6 Å². The summed E-state index contributed by atoms with van der Waals surface area (Å²) >= 11 is 0. The third-order valence-corrected chi connectivity index (χ3v) is 9.42. The summed E-state index contributed by atoms with van der Waals surface area (Å²) in [6.07, 6.45) is 0.0831. The minimum absolute atomic E-state index is 0.0139.